The summed E-state index contributed by atoms with van der Waals surface area (Å²) in [5.41, 5.74) is 0. The zero-order valence-corrected chi connectivity index (χ0v) is 9.16. The highest BCUT2D eigenvalue weighted by Crippen LogP contribution is 2.49. The van der Waals surface area contributed by atoms with Crippen molar-refractivity contribution in [2.45, 2.75) is 25.7 Å². The lowest BCUT2D eigenvalue weighted by molar-refractivity contribution is -0.118. The van der Waals surface area contributed by atoms with Gasteiger partial charge in [-0.3, -0.25) is 4.79 Å². The molecule has 2 rings (SSSR count). The number of ketones is 1. The lowest BCUT2D eigenvalue weighted by Crippen LogP contribution is -2.18. The van der Waals surface area contributed by atoms with Gasteiger partial charge in [-0.25, -0.2) is 0 Å². The zero-order valence-electron chi connectivity index (χ0n) is 7.00. The Morgan fingerprint density at radius 3 is 2.25 bits per heavy atom. The van der Waals surface area contributed by atoms with Crippen LogP contribution in [0.3, 0.4) is 0 Å². The molecule has 2 aliphatic carbocycles. The number of allylic oxidation sites excluding steroid dienone is 1. The van der Waals surface area contributed by atoms with Gasteiger partial charge in [-0.1, -0.05) is 22.6 Å². The van der Waals surface area contributed by atoms with E-state index >= 15 is 0 Å². The highest BCUT2D eigenvalue weighted by Gasteiger charge is 2.41. The molecule has 66 valence electrons. The first-order valence-corrected chi connectivity index (χ1v) is 5.86. The minimum atomic E-state index is 0.360. The molecule has 0 aromatic carbocycles. The summed E-state index contributed by atoms with van der Waals surface area (Å²) in [5, 5.41) is 0. The Hall–Kier alpha value is 0.140. The van der Waals surface area contributed by atoms with Gasteiger partial charge in [0.2, 0.25) is 0 Å². The van der Waals surface area contributed by atoms with Crippen molar-refractivity contribution < 1.29 is 4.79 Å². The van der Waals surface area contributed by atoms with Crippen molar-refractivity contribution in [3.8, 4) is 0 Å². The second kappa shape index (κ2) is 3.48. The Morgan fingerprint density at radius 1 is 1.25 bits per heavy atom. The average Bonchev–Trinajstić information content (AvgIpc) is 2.29. The smallest absolute Gasteiger partial charge is 0.159 e. The number of halogens is 1. The Morgan fingerprint density at radius 2 is 1.83 bits per heavy atom. The maximum atomic E-state index is 11.5. The van der Waals surface area contributed by atoms with Gasteiger partial charge in [-0.05, 0) is 47.7 Å². The monoisotopic (exact) mass is 276 g/mol. The third-order valence-corrected chi connectivity index (χ3v) is 3.74. The van der Waals surface area contributed by atoms with Crippen LogP contribution in [0.15, 0.2) is 10.2 Å². The summed E-state index contributed by atoms with van der Waals surface area (Å²) >= 11 is 2.11. The van der Waals surface area contributed by atoms with E-state index in [9.17, 15) is 4.79 Å². The largest absolute Gasteiger partial charge is 0.295 e. The van der Waals surface area contributed by atoms with Crippen molar-refractivity contribution in [1.82, 2.24) is 0 Å². The van der Waals surface area contributed by atoms with Gasteiger partial charge in [0, 0.05) is 5.92 Å². The van der Waals surface area contributed by atoms with Gasteiger partial charge in [0.15, 0.2) is 5.78 Å². The number of carbonyl (C=O) groups is 1. The van der Waals surface area contributed by atoms with Gasteiger partial charge in [0.25, 0.3) is 0 Å². The van der Waals surface area contributed by atoms with Crippen molar-refractivity contribution in [2.24, 2.45) is 17.8 Å². The van der Waals surface area contributed by atoms with E-state index in [0.29, 0.717) is 11.7 Å². The molecule has 12 heavy (non-hydrogen) atoms. The van der Waals surface area contributed by atoms with Gasteiger partial charge in [0.05, 0.1) is 0 Å². The molecule has 2 heteroatoms. The number of hydrogen-bond donors (Lipinski definition) is 0. The van der Waals surface area contributed by atoms with Crippen LogP contribution in [0.5, 0.6) is 0 Å². The predicted octanol–water partition coefficient (Wildman–Crippen LogP) is 2.94. The van der Waals surface area contributed by atoms with Gasteiger partial charge in [-0.15, -0.1) is 0 Å². The molecule has 1 nitrogen and oxygen atoms in total. The molecule has 0 aliphatic heterocycles. The first kappa shape index (κ1) is 8.73. The van der Waals surface area contributed by atoms with Crippen LogP contribution in [0, 0.1) is 17.8 Å². The van der Waals surface area contributed by atoms with E-state index < -0.39 is 0 Å². The second-order valence-corrected chi connectivity index (χ2v) is 4.68. The molecule has 0 spiro atoms. The van der Waals surface area contributed by atoms with Crippen LogP contribution in [0.1, 0.15) is 25.7 Å². The van der Waals surface area contributed by atoms with Crippen LogP contribution < -0.4 is 0 Å². The summed E-state index contributed by atoms with van der Waals surface area (Å²) in [6.45, 7) is 0. The van der Waals surface area contributed by atoms with E-state index in [1.165, 1.54) is 25.7 Å². The van der Waals surface area contributed by atoms with Gasteiger partial charge < -0.3 is 0 Å². The quantitative estimate of drug-likeness (QED) is 0.560. The molecule has 0 saturated heterocycles. The summed E-state index contributed by atoms with van der Waals surface area (Å²) in [4.78, 5) is 11.5. The molecule has 0 radical (unpaired) electrons. The summed E-state index contributed by atoms with van der Waals surface area (Å²) in [7, 11) is 0. The first-order valence-electron chi connectivity index (χ1n) is 4.62. The Labute approximate surface area is 86.7 Å². The molecule has 0 heterocycles. The third-order valence-electron chi connectivity index (χ3n) is 3.38. The fourth-order valence-corrected chi connectivity index (χ4v) is 2.87. The molecular formula is C10H13IO. The van der Waals surface area contributed by atoms with Crippen LogP contribution in [-0.4, -0.2) is 5.78 Å². The van der Waals surface area contributed by atoms with Crippen molar-refractivity contribution in [2.75, 3.05) is 0 Å². The number of hydrogen-bond acceptors (Lipinski definition) is 1. The molecule has 2 unspecified atom stereocenters. The Kier molecular flexibility index (Phi) is 2.53. The van der Waals surface area contributed by atoms with Gasteiger partial charge >= 0.3 is 0 Å². The molecule has 0 aromatic rings. The minimum absolute atomic E-state index is 0.360. The van der Waals surface area contributed by atoms with Gasteiger partial charge in [0.1, 0.15) is 0 Å². The molecule has 0 bridgehead atoms. The van der Waals surface area contributed by atoms with Crippen molar-refractivity contribution in [3.05, 3.63) is 10.2 Å². The average molecular weight is 276 g/mol. The van der Waals surface area contributed by atoms with E-state index in [-0.39, 0.29) is 0 Å². The first-order chi connectivity index (χ1) is 5.81. The topological polar surface area (TPSA) is 17.1 Å². The summed E-state index contributed by atoms with van der Waals surface area (Å²) in [6, 6.07) is 0. The maximum Gasteiger partial charge on any atom is 0.159 e. The predicted molar refractivity (Wildman–Crippen MR) is 57.1 cm³/mol. The van der Waals surface area contributed by atoms with Crippen LogP contribution >= 0.6 is 22.6 Å². The molecule has 2 aliphatic rings. The summed E-state index contributed by atoms with van der Waals surface area (Å²) < 4.78 is 1.83. The van der Waals surface area contributed by atoms with Crippen molar-refractivity contribution >= 4 is 28.4 Å². The Bertz CT molecular complexity index is 210. The maximum absolute atomic E-state index is 11.5. The third kappa shape index (κ3) is 1.45. The summed E-state index contributed by atoms with van der Waals surface area (Å²) in [5.74, 6) is 2.54. The number of rotatable bonds is 2. The van der Waals surface area contributed by atoms with E-state index in [1.807, 2.05) is 4.08 Å². The molecule has 2 atom stereocenters. The molecule has 2 fully saturated rings. The molecule has 0 aromatic heterocycles. The zero-order chi connectivity index (χ0) is 8.55. The summed E-state index contributed by atoms with van der Waals surface area (Å²) in [6.07, 6.45) is 6.83. The fourth-order valence-electron chi connectivity index (χ4n) is 2.52. The van der Waals surface area contributed by atoms with E-state index in [2.05, 4.69) is 22.6 Å². The fraction of sp³-hybridized carbons (Fsp3) is 0.700. The van der Waals surface area contributed by atoms with Crippen LogP contribution in [0.2, 0.25) is 0 Å². The number of fused-ring (bicyclic) bond motifs is 1. The van der Waals surface area contributed by atoms with Crippen molar-refractivity contribution in [1.29, 1.82) is 0 Å². The van der Waals surface area contributed by atoms with Crippen molar-refractivity contribution in [3.63, 3.8) is 0 Å². The molecule has 0 N–H and O–H groups in total. The lowest BCUT2D eigenvalue weighted by atomic mass is 9.77. The van der Waals surface area contributed by atoms with E-state index in [0.717, 1.165) is 11.8 Å². The van der Waals surface area contributed by atoms with Crippen LogP contribution in [-0.2, 0) is 4.79 Å². The molecular weight excluding hydrogens is 263 g/mol. The van der Waals surface area contributed by atoms with Crippen LogP contribution in [0.4, 0.5) is 0 Å². The molecule has 0 amide bonds. The highest BCUT2D eigenvalue weighted by atomic mass is 127. The minimum Gasteiger partial charge on any atom is -0.295 e. The van der Waals surface area contributed by atoms with E-state index in [4.69, 9.17) is 0 Å². The van der Waals surface area contributed by atoms with Gasteiger partial charge in [-0.2, -0.15) is 0 Å². The number of carbonyl (C=O) groups excluding carboxylic acids is 1. The highest BCUT2D eigenvalue weighted by molar-refractivity contribution is 14.1. The molecule has 2 saturated carbocycles. The standard InChI is InChI=1S/C10H13IO/c11-4-3-10(12)9-5-7-1-2-8(7)6-9/h3-4,7-9H,1-2,5-6H2. The normalized spacial score (nSPS) is 39.6. The lowest BCUT2D eigenvalue weighted by Gasteiger charge is -2.29. The van der Waals surface area contributed by atoms with E-state index in [1.54, 1.807) is 6.08 Å². The SMILES string of the molecule is O=C(C=CI)C1CC2CCC2C1. The Balaban J connectivity index is 1.94. The second-order valence-electron chi connectivity index (χ2n) is 3.96. The van der Waals surface area contributed by atoms with Crippen LogP contribution in [0.25, 0.3) is 0 Å².